The molecule has 1 aliphatic heterocycles. The quantitative estimate of drug-likeness (QED) is 0.896. The second-order valence-corrected chi connectivity index (χ2v) is 5.04. The fraction of sp³-hybridized carbons (Fsp3) is 0.400. The van der Waals surface area contributed by atoms with Gasteiger partial charge in [0.15, 0.2) is 0 Å². The lowest BCUT2D eigenvalue weighted by Crippen LogP contribution is -2.32. The third-order valence-electron chi connectivity index (χ3n) is 3.95. The summed E-state index contributed by atoms with van der Waals surface area (Å²) in [6, 6.07) is 9.01. The van der Waals surface area contributed by atoms with Crippen LogP contribution in [0.4, 0.5) is 0 Å². The summed E-state index contributed by atoms with van der Waals surface area (Å²) in [4.78, 5) is 0. The summed E-state index contributed by atoms with van der Waals surface area (Å²) in [5, 5.41) is 7.87. The van der Waals surface area contributed by atoms with Crippen molar-refractivity contribution in [3.63, 3.8) is 0 Å². The fourth-order valence-corrected chi connectivity index (χ4v) is 2.95. The number of hydrogen-bond donors (Lipinski definition) is 1. The van der Waals surface area contributed by atoms with Crippen molar-refractivity contribution in [2.24, 2.45) is 7.05 Å². The molecule has 100 valence electrons. The average molecular weight is 257 g/mol. The highest BCUT2D eigenvalue weighted by Crippen LogP contribution is 2.37. The lowest BCUT2D eigenvalue weighted by Gasteiger charge is -2.30. The van der Waals surface area contributed by atoms with Crippen LogP contribution in [0.3, 0.4) is 0 Å². The Kier molecular flexibility index (Phi) is 3.03. The number of benzene rings is 1. The smallest absolute Gasteiger partial charge is 0.215 e. The number of ether oxygens (including phenoxy) is 1. The van der Waals surface area contributed by atoms with Gasteiger partial charge in [0.05, 0.1) is 13.3 Å². The first-order valence-electron chi connectivity index (χ1n) is 6.60. The standard InChI is InChI=1S/C15H19N3O/c1-10-11-6-4-5-7-12(11)13(8-16-10)14-9-17-18(2)15(14)19-3/h4-7,9-10,13,16H,8H2,1-3H3/t10-,13-/m0/s1. The van der Waals surface area contributed by atoms with Crippen molar-refractivity contribution in [2.45, 2.75) is 18.9 Å². The van der Waals surface area contributed by atoms with E-state index in [1.165, 1.54) is 11.1 Å². The van der Waals surface area contributed by atoms with E-state index in [-0.39, 0.29) is 0 Å². The molecule has 2 heterocycles. The third kappa shape index (κ3) is 1.92. The highest BCUT2D eigenvalue weighted by atomic mass is 16.5. The normalized spacial score (nSPS) is 22.1. The lowest BCUT2D eigenvalue weighted by molar-refractivity contribution is 0.365. The summed E-state index contributed by atoms with van der Waals surface area (Å²) < 4.78 is 7.27. The highest BCUT2D eigenvalue weighted by molar-refractivity contribution is 5.44. The van der Waals surface area contributed by atoms with Crippen molar-refractivity contribution >= 4 is 0 Å². The van der Waals surface area contributed by atoms with Gasteiger partial charge in [-0.05, 0) is 18.1 Å². The second-order valence-electron chi connectivity index (χ2n) is 5.04. The second kappa shape index (κ2) is 4.70. The van der Waals surface area contributed by atoms with Gasteiger partial charge in [0, 0.05) is 31.1 Å². The minimum absolute atomic E-state index is 0.302. The molecule has 4 nitrogen and oxygen atoms in total. The summed E-state index contributed by atoms with van der Waals surface area (Å²) in [6.45, 7) is 3.12. The number of hydrogen-bond acceptors (Lipinski definition) is 3. The van der Waals surface area contributed by atoms with Gasteiger partial charge in [-0.25, -0.2) is 4.68 Å². The van der Waals surface area contributed by atoms with Crippen LogP contribution in [0.2, 0.25) is 0 Å². The molecule has 1 aromatic carbocycles. The first-order chi connectivity index (χ1) is 9.22. The average Bonchev–Trinajstić information content (AvgIpc) is 2.80. The first-order valence-corrected chi connectivity index (χ1v) is 6.60. The van der Waals surface area contributed by atoms with Crippen LogP contribution in [0.1, 0.15) is 35.6 Å². The third-order valence-corrected chi connectivity index (χ3v) is 3.95. The summed E-state index contributed by atoms with van der Waals surface area (Å²) in [6.07, 6.45) is 1.91. The van der Waals surface area contributed by atoms with Gasteiger partial charge >= 0.3 is 0 Å². The van der Waals surface area contributed by atoms with Gasteiger partial charge in [-0.3, -0.25) is 0 Å². The molecule has 0 radical (unpaired) electrons. The summed E-state index contributed by atoms with van der Waals surface area (Å²) in [5.74, 6) is 1.15. The monoisotopic (exact) mass is 257 g/mol. The topological polar surface area (TPSA) is 39.1 Å². The molecule has 2 aromatic rings. The largest absolute Gasteiger partial charge is 0.481 e. The van der Waals surface area contributed by atoms with Crippen molar-refractivity contribution < 1.29 is 4.74 Å². The first kappa shape index (κ1) is 12.2. The van der Waals surface area contributed by atoms with Gasteiger partial charge < -0.3 is 10.1 Å². The molecule has 0 fully saturated rings. The van der Waals surface area contributed by atoms with Crippen molar-refractivity contribution in [1.82, 2.24) is 15.1 Å². The number of nitrogens with one attached hydrogen (secondary N) is 1. The van der Waals surface area contributed by atoms with Gasteiger partial charge in [0.2, 0.25) is 5.88 Å². The summed E-state index contributed by atoms with van der Waals surface area (Å²) >= 11 is 0. The molecular weight excluding hydrogens is 238 g/mol. The van der Waals surface area contributed by atoms with Crippen LogP contribution in [0.25, 0.3) is 0 Å². The van der Waals surface area contributed by atoms with Gasteiger partial charge in [0.1, 0.15) is 0 Å². The van der Waals surface area contributed by atoms with Gasteiger partial charge in [-0.1, -0.05) is 24.3 Å². The maximum absolute atomic E-state index is 5.48. The maximum atomic E-state index is 5.48. The fourth-order valence-electron chi connectivity index (χ4n) is 2.95. The minimum Gasteiger partial charge on any atom is -0.481 e. The molecule has 19 heavy (non-hydrogen) atoms. The Balaban J connectivity index is 2.09. The van der Waals surface area contributed by atoms with Gasteiger partial charge in [-0.15, -0.1) is 0 Å². The molecule has 0 unspecified atom stereocenters. The Morgan fingerprint density at radius 3 is 2.74 bits per heavy atom. The van der Waals surface area contributed by atoms with Gasteiger partial charge in [0.25, 0.3) is 0 Å². The zero-order chi connectivity index (χ0) is 13.4. The molecule has 0 aliphatic carbocycles. The molecule has 0 amide bonds. The van der Waals surface area contributed by atoms with E-state index in [9.17, 15) is 0 Å². The molecule has 0 saturated heterocycles. The van der Waals surface area contributed by atoms with Crippen LogP contribution < -0.4 is 10.1 Å². The Morgan fingerprint density at radius 2 is 2.00 bits per heavy atom. The molecule has 1 N–H and O–H groups in total. The van der Waals surface area contributed by atoms with Crippen molar-refractivity contribution in [1.29, 1.82) is 0 Å². The highest BCUT2D eigenvalue weighted by Gasteiger charge is 2.28. The summed E-state index contributed by atoms with van der Waals surface area (Å²) in [7, 11) is 3.61. The van der Waals surface area contributed by atoms with E-state index in [0.29, 0.717) is 12.0 Å². The molecule has 0 spiro atoms. The number of fused-ring (bicyclic) bond motifs is 1. The van der Waals surface area contributed by atoms with Crippen molar-refractivity contribution in [3.8, 4) is 5.88 Å². The van der Waals surface area contributed by atoms with Crippen molar-refractivity contribution in [2.75, 3.05) is 13.7 Å². The number of nitrogens with zero attached hydrogens (tertiary/aromatic N) is 2. The number of aryl methyl sites for hydroxylation is 1. The number of aromatic nitrogens is 2. The lowest BCUT2D eigenvalue weighted by atomic mass is 9.84. The molecule has 1 aliphatic rings. The zero-order valence-electron chi connectivity index (χ0n) is 11.6. The van der Waals surface area contributed by atoms with Crippen LogP contribution in [-0.4, -0.2) is 23.4 Å². The number of rotatable bonds is 2. The predicted molar refractivity (Wildman–Crippen MR) is 74.5 cm³/mol. The van der Waals surface area contributed by atoms with Crippen LogP contribution >= 0.6 is 0 Å². The Labute approximate surface area is 113 Å². The Bertz CT molecular complexity index is 591. The Morgan fingerprint density at radius 1 is 1.26 bits per heavy atom. The molecular formula is C15H19N3O. The van der Waals surface area contributed by atoms with E-state index in [2.05, 4.69) is 41.6 Å². The molecule has 3 rings (SSSR count). The predicted octanol–water partition coefficient (Wildman–Crippen LogP) is 2.22. The van der Waals surface area contributed by atoms with E-state index in [1.54, 1.807) is 11.8 Å². The molecule has 1 aromatic heterocycles. The maximum Gasteiger partial charge on any atom is 0.215 e. The van der Waals surface area contributed by atoms with E-state index in [0.717, 1.165) is 18.0 Å². The SMILES string of the molecule is COc1c([C@H]2CN[C@@H](C)c3ccccc32)cnn1C. The molecule has 4 heteroatoms. The minimum atomic E-state index is 0.302. The van der Waals surface area contributed by atoms with E-state index < -0.39 is 0 Å². The van der Waals surface area contributed by atoms with Gasteiger partial charge in [-0.2, -0.15) is 5.10 Å². The number of methoxy groups -OCH3 is 1. The Hall–Kier alpha value is -1.81. The van der Waals surface area contributed by atoms with Crippen molar-refractivity contribution in [3.05, 3.63) is 47.2 Å². The molecule has 0 saturated carbocycles. The van der Waals surface area contributed by atoms with Crippen LogP contribution in [-0.2, 0) is 7.05 Å². The molecule has 2 atom stereocenters. The van der Waals surface area contributed by atoms with E-state index in [1.807, 2.05) is 13.2 Å². The van der Waals surface area contributed by atoms with E-state index >= 15 is 0 Å². The van der Waals surface area contributed by atoms with Crippen LogP contribution in [0, 0.1) is 0 Å². The molecule has 0 bridgehead atoms. The van der Waals surface area contributed by atoms with E-state index in [4.69, 9.17) is 4.74 Å². The summed E-state index contributed by atoms with van der Waals surface area (Å²) in [5.41, 5.74) is 3.89. The zero-order valence-corrected chi connectivity index (χ0v) is 11.6. The van der Waals surface area contributed by atoms with Crippen LogP contribution in [0.15, 0.2) is 30.5 Å². The van der Waals surface area contributed by atoms with Crippen LogP contribution in [0.5, 0.6) is 5.88 Å².